The van der Waals surface area contributed by atoms with Crippen molar-refractivity contribution in [3.8, 4) is 0 Å². The van der Waals surface area contributed by atoms with Crippen molar-refractivity contribution in [3.63, 3.8) is 0 Å². The van der Waals surface area contributed by atoms with Gasteiger partial charge in [-0.15, -0.1) is 0 Å². The Hall–Kier alpha value is 0.620. The van der Waals surface area contributed by atoms with Crippen molar-refractivity contribution >= 4 is 18.9 Å². The quantitative estimate of drug-likeness (QED) is 0.615. The first-order valence-corrected chi connectivity index (χ1v) is 5.95. The fourth-order valence-corrected chi connectivity index (χ4v) is 1.40. The van der Waals surface area contributed by atoms with Crippen LogP contribution in [0.3, 0.4) is 0 Å². The molecular weight excluding hydrogens is 266 g/mol. The van der Waals surface area contributed by atoms with E-state index < -0.39 is 0 Å². The van der Waals surface area contributed by atoms with Crippen molar-refractivity contribution in [2.24, 2.45) is 5.41 Å². The van der Waals surface area contributed by atoms with Gasteiger partial charge in [0, 0.05) is 14.2 Å². The van der Waals surface area contributed by atoms with Crippen LogP contribution in [0.2, 0.25) is 0 Å². The fraction of sp³-hybridized carbons (Fsp3) is 1.00. The van der Waals surface area contributed by atoms with Gasteiger partial charge in [0.15, 0.2) is 0 Å². The Labute approximate surface area is 107 Å². The zero-order valence-electron chi connectivity index (χ0n) is 10.3. The van der Waals surface area contributed by atoms with Crippen molar-refractivity contribution in [2.75, 3.05) is 54.2 Å². The third-order valence-corrected chi connectivity index (χ3v) is 1.97. The lowest BCUT2D eigenvalue weighted by atomic mass is 9.91. The molecule has 0 aromatic rings. The van der Waals surface area contributed by atoms with Gasteiger partial charge in [-0.1, -0.05) is 0 Å². The van der Waals surface area contributed by atoms with E-state index in [1.165, 1.54) is 0 Å². The molecule has 104 valence electrons. The minimum absolute atomic E-state index is 0.0312. The minimum Gasteiger partial charge on any atom is -0.369 e. The van der Waals surface area contributed by atoms with Crippen molar-refractivity contribution in [1.82, 2.24) is 0 Å². The highest BCUT2D eigenvalue weighted by molar-refractivity contribution is 7.09. The largest absolute Gasteiger partial charge is 0.369 e. The molecule has 2 rings (SSSR count). The lowest BCUT2D eigenvalue weighted by Crippen LogP contribution is -2.47. The summed E-state index contributed by atoms with van der Waals surface area (Å²) in [6, 6.07) is 0. The van der Waals surface area contributed by atoms with Crippen LogP contribution < -0.4 is 0 Å². The molecule has 2 aliphatic rings. The highest BCUT2D eigenvalue weighted by Gasteiger charge is 2.36. The van der Waals surface area contributed by atoms with Gasteiger partial charge in [-0.25, -0.2) is 0 Å². The van der Waals surface area contributed by atoms with E-state index in [0.29, 0.717) is 40.0 Å². The fourth-order valence-electron chi connectivity index (χ4n) is 1.40. The molecule has 2 saturated heterocycles. The lowest BCUT2D eigenvalue weighted by Gasteiger charge is -2.38. The Morgan fingerprint density at radius 3 is 1.24 bits per heavy atom. The monoisotopic (exact) mass is 288 g/mol. The summed E-state index contributed by atoms with van der Waals surface area (Å²) in [5.74, 6) is 0. The van der Waals surface area contributed by atoms with Gasteiger partial charge in [0.05, 0.1) is 31.8 Å². The Balaban J connectivity index is 0.000000366. The molecule has 1 spiro atoms. The standard InChI is InChI=1S/C7H12O4.2CH5OP/c1-7(2-9-5-8-1)3-10-6-11-4-7;2*1-2-3/h1-6H2;2*3H2,1H3. The first-order valence-electron chi connectivity index (χ1n) is 5.01. The van der Waals surface area contributed by atoms with Gasteiger partial charge in [-0.05, 0) is 18.9 Å². The summed E-state index contributed by atoms with van der Waals surface area (Å²) in [5, 5.41) is 0. The smallest absolute Gasteiger partial charge is 0.146 e. The SMILES string of the molecule is C1OCC2(CO1)COCOC2.COP.COP. The molecule has 8 heteroatoms. The number of rotatable bonds is 0. The van der Waals surface area contributed by atoms with Crippen LogP contribution >= 0.6 is 18.9 Å². The predicted octanol–water partition coefficient (Wildman–Crippen LogP) is 0.827. The van der Waals surface area contributed by atoms with E-state index in [0.717, 1.165) is 0 Å². The third-order valence-electron chi connectivity index (χ3n) is 1.97. The molecular formula is C9H22O6P2. The van der Waals surface area contributed by atoms with E-state index in [1.807, 2.05) is 0 Å². The highest BCUT2D eigenvalue weighted by Crippen LogP contribution is 2.25. The normalized spacial score (nSPS) is 21.9. The van der Waals surface area contributed by atoms with Gasteiger partial charge < -0.3 is 28.0 Å². The molecule has 2 unspecified atom stereocenters. The number of ether oxygens (including phenoxy) is 4. The van der Waals surface area contributed by atoms with Gasteiger partial charge in [0.2, 0.25) is 0 Å². The second-order valence-electron chi connectivity index (χ2n) is 3.60. The Morgan fingerprint density at radius 1 is 0.765 bits per heavy atom. The average molecular weight is 288 g/mol. The van der Waals surface area contributed by atoms with E-state index >= 15 is 0 Å². The van der Waals surface area contributed by atoms with Crippen LogP contribution in [0.25, 0.3) is 0 Å². The van der Waals surface area contributed by atoms with Crippen LogP contribution in [0.1, 0.15) is 0 Å². The molecule has 2 heterocycles. The van der Waals surface area contributed by atoms with Gasteiger partial charge in [0.1, 0.15) is 13.6 Å². The van der Waals surface area contributed by atoms with Crippen LogP contribution in [-0.2, 0) is 28.0 Å². The Morgan fingerprint density at radius 2 is 1.00 bits per heavy atom. The van der Waals surface area contributed by atoms with Gasteiger partial charge >= 0.3 is 0 Å². The molecule has 17 heavy (non-hydrogen) atoms. The zero-order valence-corrected chi connectivity index (χ0v) is 12.7. The molecule has 6 nitrogen and oxygen atoms in total. The maximum absolute atomic E-state index is 5.18. The van der Waals surface area contributed by atoms with E-state index in [9.17, 15) is 0 Å². The molecule has 0 aromatic carbocycles. The van der Waals surface area contributed by atoms with Crippen LogP contribution in [0.15, 0.2) is 0 Å². The van der Waals surface area contributed by atoms with E-state index in [4.69, 9.17) is 18.9 Å². The number of hydrogen-bond donors (Lipinski definition) is 0. The summed E-state index contributed by atoms with van der Waals surface area (Å²) >= 11 is 0. The molecule has 2 atom stereocenters. The van der Waals surface area contributed by atoms with Crippen molar-refractivity contribution < 1.29 is 28.0 Å². The van der Waals surface area contributed by atoms with Crippen molar-refractivity contribution in [2.45, 2.75) is 0 Å². The second-order valence-corrected chi connectivity index (χ2v) is 4.54. The summed E-state index contributed by atoms with van der Waals surface area (Å²) in [4.78, 5) is 0. The maximum atomic E-state index is 5.18. The zero-order chi connectivity index (χ0) is 13.0. The molecule has 0 N–H and O–H groups in total. The van der Waals surface area contributed by atoms with Crippen LogP contribution in [0.5, 0.6) is 0 Å². The number of hydrogen-bond acceptors (Lipinski definition) is 6. The highest BCUT2D eigenvalue weighted by atomic mass is 31.0. The van der Waals surface area contributed by atoms with Crippen LogP contribution in [0.4, 0.5) is 0 Å². The van der Waals surface area contributed by atoms with Crippen LogP contribution in [-0.4, -0.2) is 54.2 Å². The topological polar surface area (TPSA) is 55.4 Å². The first-order chi connectivity index (χ1) is 8.24. The summed E-state index contributed by atoms with van der Waals surface area (Å²) in [7, 11) is 7.33. The molecule has 0 amide bonds. The molecule has 0 saturated carbocycles. The molecule has 0 aromatic heterocycles. The average Bonchev–Trinajstić information content (AvgIpc) is 2.33. The summed E-state index contributed by atoms with van der Waals surface area (Å²) in [6.45, 7) is 3.56. The lowest BCUT2D eigenvalue weighted by molar-refractivity contribution is -0.245. The van der Waals surface area contributed by atoms with Crippen molar-refractivity contribution in [3.05, 3.63) is 0 Å². The molecule has 0 radical (unpaired) electrons. The molecule has 2 aliphatic heterocycles. The predicted molar refractivity (Wildman–Crippen MR) is 69.4 cm³/mol. The third kappa shape index (κ3) is 8.36. The summed E-state index contributed by atoms with van der Waals surface area (Å²) in [6.07, 6.45) is 0. The first kappa shape index (κ1) is 17.6. The van der Waals surface area contributed by atoms with E-state index in [-0.39, 0.29) is 5.41 Å². The second kappa shape index (κ2) is 11.7. The Bertz CT molecular complexity index is 138. The summed E-state index contributed by atoms with van der Waals surface area (Å²) < 4.78 is 29.1. The molecule has 0 bridgehead atoms. The van der Waals surface area contributed by atoms with Crippen LogP contribution in [0, 0.1) is 5.41 Å². The summed E-state index contributed by atoms with van der Waals surface area (Å²) in [5.41, 5.74) is -0.0312. The van der Waals surface area contributed by atoms with Gasteiger partial charge in [-0.2, -0.15) is 0 Å². The minimum atomic E-state index is -0.0312. The molecule has 2 fully saturated rings. The van der Waals surface area contributed by atoms with Crippen molar-refractivity contribution in [1.29, 1.82) is 0 Å². The van der Waals surface area contributed by atoms with E-state index in [1.54, 1.807) is 14.2 Å². The van der Waals surface area contributed by atoms with E-state index in [2.05, 4.69) is 28.0 Å². The van der Waals surface area contributed by atoms with Gasteiger partial charge in [0.25, 0.3) is 0 Å². The Kier molecular flexibility index (Phi) is 12.1. The molecule has 0 aliphatic carbocycles. The van der Waals surface area contributed by atoms with Gasteiger partial charge in [-0.3, -0.25) is 0 Å². The maximum Gasteiger partial charge on any atom is 0.146 e.